The van der Waals surface area contributed by atoms with Gasteiger partial charge in [-0.2, -0.15) is 21.6 Å². The van der Waals surface area contributed by atoms with Gasteiger partial charge in [-0.3, -0.25) is 14.1 Å². The van der Waals surface area contributed by atoms with Crippen LogP contribution >= 0.6 is 0 Å². The van der Waals surface area contributed by atoms with Crippen LogP contribution in [-0.4, -0.2) is 144 Å². The van der Waals surface area contributed by atoms with Gasteiger partial charge in [-0.15, -0.1) is 0 Å². The molecule has 0 aromatic heterocycles. The number of aliphatic hydroxyl groups is 5. The Kier molecular flexibility index (Phi) is 13.7. The van der Waals surface area contributed by atoms with Gasteiger partial charge >= 0.3 is 22.5 Å². The second-order valence-electron chi connectivity index (χ2n) is 9.46. The highest BCUT2D eigenvalue weighted by atomic mass is 32.3. The van der Waals surface area contributed by atoms with E-state index in [0.717, 1.165) is 6.92 Å². The summed E-state index contributed by atoms with van der Waals surface area (Å²) in [6.07, 6.45) is -19.8. The van der Waals surface area contributed by atoms with Crippen LogP contribution in [0.25, 0.3) is 0 Å². The van der Waals surface area contributed by atoms with Crippen LogP contribution < -0.4 is 10.6 Å². The van der Waals surface area contributed by atoms with E-state index in [1.54, 1.807) is 5.32 Å². The highest BCUT2D eigenvalue weighted by Crippen LogP contribution is 2.30. The van der Waals surface area contributed by atoms with E-state index in [1.165, 1.54) is 0 Å². The van der Waals surface area contributed by atoms with Gasteiger partial charge in [0.15, 0.2) is 12.6 Å². The number of carbonyl (C=O) groups excluding carboxylic acids is 2. The van der Waals surface area contributed by atoms with Gasteiger partial charge in [0, 0.05) is 20.1 Å². The van der Waals surface area contributed by atoms with Gasteiger partial charge in [-0.1, -0.05) is 0 Å². The number of amides is 2. The first-order chi connectivity index (χ1) is 19.5. The van der Waals surface area contributed by atoms with Crippen molar-refractivity contribution in [2.75, 3.05) is 26.4 Å². The molecule has 2 heterocycles. The summed E-state index contributed by atoms with van der Waals surface area (Å²) in [5.41, 5.74) is 0. The number of unbranched alkanes of at least 4 members (excludes halogenated alkanes) is 2. The third-order valence-corrected chi connectivity index (χ3v) is 6.64. The fourth-order valence-electron chi connectivity index (χ4n) is 4.15. The van der Waals surface area contributed by atoms with E-state index >= 15 is 0 Å². The van der Waals surface area contributed by atoms with Gasteiger partial charge in [-0.05, 0) is 19.3 Å². The van der Waals surface area contributed by atoms with Crippen molar-refractivity contribution in [2.45, 2.75) is 93.7 Å². The predicted molar refractivity (Wildman–Crippen MR) is 127 cm³/mol. The number of nitrogens with one attached hydrogen (secondary N) is 2. The van der Waals surface area contributed by atoms with E-state index < -0.39 is 103 Å². The molecule has 0 radical (unpaired) electrons. The lowest BCUT2D eigenvalue weighted by Gasteiger charge is -2.47. The fourth-order valence-corrected chi connectivity index (χ4v) is 4.45. The normalized spacial score (nSPS) is 34.1. The Morgan fingerprint density at radius 2 is 1.57 bits per heavy atom. The summed E-state index contributed by atoms with van der Waals surface area (Å²) in [5, 5.41) is 54.9. The van der Waals surface area contributed by atoms with E-state index in [4.69, 9.17) is 23.5 Å². The van der Waals surface area contributed by atoms with Gasteiger partial charge in [-0.25, -0.2) is 4.18 Å². The molecule has 42 heavy (non-hydrogen) atoms. The summed E-state index contributed by atoms with van der Waals surface area (Å²) in [6.45, 7) is -1.14. The van der Waals surface area contributed by atoms with Crippen LogP contribution in [0.5, 0.6) is 0 Å². The number of aliphatic hydroxyl groups excluding tert-OH is 5. The Labute approximate surface area is 237 Å². The van der Waals surface area contributed by atoms with Crippen molar-refractivity contribution in [3.8, 4) is 0 Å². The number of carbonyl (C=O) groups is 2. The first-order valence-electron chi connectivity index (χ1n) is 12.6. The second-order valence-corrected chi connectivity index (χ2v) is 10.5. The third kappa shape index (κ3) is 10.7. The topological polar surface area (TPSA) is 260 Å². The maximum Gasteiger partial charge on any atom is 0.471 e. The van der Waals surface area contributed by atoms with Crippen molar-refractivity contribution in [3.63, 3.8) is 0 Å². The molecule has 2 aliphatic heterocycles. The number of rotatable bonds is 14. The Bertz CT molecular complexity index is 988. The first kappa shape index (κ1) is 36.4. The molecule has 21 heteroatoms. The Hall–Kier alpha value is -1.76. The number of alkyl halides is 3. The molecule has 8 N–H and O–H groups in total. The van der Waals surface area contributed by atoms with E-state index in [9.17, 15) is 56.7 Å². The van der Waals surface area contributed by atoms with Gasteiger partial charge in [0.25, 0.3) is 0 Å². The predicted octanol–water partition coefficient (Wildman–Crippen LogP) is -3.55. The van der Waals surface area contributed by atoms with Crippen molar-refractivity contribution >= 4 is 22.2 Å². The molecule has 0 aromatic carbocycles. The summed E-state index contributed by atoms with van der Waals surface area (Å²) >= 11 is 0. The molecule has 246 valence electrons. The highest BCUT2D eigenvalue weighted by molar-refractivity contribution is 7.80. The quantitative estimate of drug-likeness (QED) is 0.0672. The molecular formula is C21H35F3N2O15S. The lowest BCUT2D eigenvalue weighted by Crippen LogP contribution is -2.67. The molecule has 2 aliphatic rings. The lowest BCUT2D eigenvalue weighted by molar-refractivity contribution is -0.347. The zero-order valence-electron chi connectivity index (χ0n) is 22.1. The van der Waals surface area contributed by atoms with Crippen LogP contribution in [0.4, 0.5) is 13.2 Å². The third-order valence-electron chi connectivity index (χ3n) is 6.21. The average Bonchev–Trinajstić information content (AvgIpc) is 2.89. The van der Waals surface area contributed by atoms with Crippen LogP contribution in [0, 0.1) is 0 Å². The minimum atomic E-state index is -5.05. The molecule has 17 nitrogen and oxygen atoms in total. The summed E-state index contributed by atoms with van der Waals surface area (Å²) in [5.74, 6) is -2.77. The molecule has 0 saturated carbocycles. The zero-order chi connectivity index (χ0) is 31.8. The van der Waals surface area contributed by atoms with E-state index in [2.05, 4.69) is 9.50 Å². The molecular weight excluding hydrogens is 609 g/mol. The Morgan fingerprint density at radius 3 is 2.14 bits per heavy atom. The average molecular weight is 645 g/mol. The van der Waals surface area contributed by atoms with E-state index in [-0.39, 0.29) is 32.4 Å². The Morgan fingerprint density at radius 1 is 0.929 bits per heavy atom. The minimum Gasteiger partial charge on any atom is -0.394 e. The number of hydrogen-bond donors (Lipinski definition) is 8. The van der Waals surface area contributed by atoms with Crippen molar-refractivity contribution < 1.29 is 84.4 Å². The summed E-state index contributed by atoms with van der Waals surface area (Å²) in [6, 6.07) is -1.41. The van der Waals surface area contributed by atoms with Crippen LogP contribution in [-0.2, 0) is 43.1 Å². The minimum absolute atomic E-state index is 0.147. The lowest BCUT2D eigenvalue weighted by atomic mass is 9.95. The van der Waals surface area contributed by atoms with E-state index in [1.807, 2.05) is 0 Å². The van der Waals surface area contributed by atoms with Crippen LogP contribution in [0.15, 0.2) is 0 Å². The summed E-state index contributed by atoms with van der Waals surface area (Å²) in [4.78, 5) is 22.7. The molecule has 2 fully saturated rings. The molecule has 0 aliphatic carbocycles. The fraction of sp³-hybridized carbons (Fsp3) is 0.905. The molecule has 0 bridgehead atoms. The maximum absolute atomic E-state index is 12.2. The largest absolute Gasteiger partial charge is 0.471 e. The van der Waals surface area contributed by atoms with Gasteiger partial charge < -0.3 is 55.1 Å². The van der Waals surface area contributed by atoms with Gasteiger partial charge in [0.05, 0.1) is 13.2 Å². The molecule has 10 atom stereocenters. The molecule has 0 unspecified atom stereocenters. The number of halogens is 3. The molecule has 2 rings (SSSR count). The van der Waals surface area contributed by atoms with Gasteiger partial charge in [0.1, 0.15) is 48.8 Å². The monoisotopic (exact) mass is 644 g/mol. The van der Waals surface area contributed by atoms with Crippen molar-refractivity contribution in [3.05, 3.63) is 0 Å². The van der Waals surface area contributed by atoms with E-state index in [0.29, 0.717) is 0 Å². The molecule has 2 saturated heterocycles. The number of hydrogen-bond acceptors (Lipinski definition) is 14. The highest BCUT2D eigenvalue weighted by Gasteiger charge is 2.51. The van der Waals surface area contributed by atoms with Crippen LogP contribution in [0.1, 0.15) is 26.2 Å². The summed E-state index contributed by atoms with van der Waals surface area (Å²) < 4.78 is 94.4. The molecule has 0 spiro atoms. The Balaban J connectivity index is 2.12. The summed E-state index contributed by atoms with van der Waals surface area (Å²) in [7, 11) is -5.05. The van der Waals surface area contributed by atoms with Crippen LogP contribution in [0.2, 0.25) is 0 Å². The van der Waals surface area contributed by atoms with Crippen molar-refractivity contribution in [2.24, 2.45) is 0 Å². The molecule has 2 amide bonds. The zero-order valence-corrected chi connectivity index (χ0v) is 22.9. The SMILES string of the molecule is CC(=O)N[C@H]1[C@H](OCCCCCNC(=O)C(F)(F)F)O[C@H](COS(=O)(=O)O)[C@@H](O[C@@H]2O[C@H](CO)[C@H](O)[C@H](O)[C@H]2O)[C@@H]1O. The van der Waals surface area contributed by atoms with Gasteiger partial charge in [0.2, 0.25) is 5.91 Å². The first-order valence-corrected chi connectivity index (χ1v) is 14.0. The standard InChI is InChI=1S/C21H35F3N2O15S/c1-9(28)26-12-14(30)17(41-19-16(32)15(31)13(29)10(7-27)39-19)11(8-38-42(34,35)36)40-18(12)37-6-4-2-3-5-25-20(33)21(22,23)24/h10-19,27,29-32H,2-8H2,1H3,(H,25,33)(H,26,28)(H,34,35,36)/t10-,11-,12-,13+,14-,15+,16-,17-,18-,19+/m1/s1. The smallest absolute Gasteiger partial charge is 0.394 e. The second kappa shape index (κ2) is 15.8. The maximum atomic E-state index is 12.2. The van der Waals surface area contributed by atoms with Crippen LogP contribution in [0.3, 0.4) is 0 Å². The molecule has 0 aromatic rings. The van der Waals surface area contributed by atoms with Crippen molar-refractivity contribution in [1.82, 2.24) is 10.6 Å². The van der Waals surface area contributed by atoms with Crippen molar-refractivity contribution in [1.29, 1.82) is 0 Å². The number of ether oxygens (including phenoxy) is 4.